The first-order valence-electron chi connectivity index (χ1n) is 5.41. The van der Waals surface area contributed by atoms with E-state index in [0.29, 0.717) is 10.3 Å². The molecule has 1 heterocycles. The minimum atomic E-state index is -0.481. The van der Waals surface area contributed by atoms with Gasteiger partial charge in [0.25, 0.3) is 5.91 Å². The van der Waals surface area contributed by atoms with Crippen molar-refractivity contribution < 1.29 is 9.18 Å². The van der Waals surface area contributed by atoms with Crippen LogP contribution in [-0.2, 0) is 6.54 Å². The molecule has 1 amide bonds. The van der Waals surface area contributed by atoms with Crippen molar-refractivity contribution in [1.29, 1.82) is 0 Å². The molecule has 0 aliphatic carbocycles. The van der Waals surface area contributed by atoms with Gasteiger partial charge in [-0.25, -0.2) is 9.37 Å². The number of carbonyl (C=O) groups is 1. The molecule has 1 aromatic heterocycles. The van der Waals surface area contributed by atoms with E-state index in [1.54, 1.807) is 24.3 Å². The van der Waals surface area contributed by atoms with Crippen molar-refractivity contribution in [2.24, 2.45) is 0 Å². The topological polar surface area (TPSA) is 42.0 Å². The van der Waals surface area contributed by atoms with E-state index in [2.05, 4.69) is 26.2 Å². The zero-order valence-electron chi connectivity index (χ0n) is 9.66. The van der Waals surface area contributed by atoms with E-state index < -0.39 is 5.82 Å². The third-order valence-electron chi connectivity index (χ3n) is 2.38. The summed E-state index contributed by atoms with van der Waals surface area (Å²) < 4.78 is 13.6. The monoisotopic (exact) mass is 342 g/mol. The lowest BCUT2D eigenvalue weighted by Crippen LogP contribution is -2.23. The first-order chi connectivity index (χ1) is 9.06. The predicted molar refractivity (Wildman–Crippen MR) is 74.5 cm³/mol. The molecule has 1 N–H and O–H groups in total. The van der Waals surface area contributed by atoms with Crippen LogP contribution in [0.4, 0.5) is 4.39 Å². The van der Waals surface area contributed by atoms with E-state index in [9.17, 15) is 9.18 Å². The van der Waals surface area contributed by atoms with Gasteiger partial charge in [-0.1, -0.05) is 23.7 Å². The molecule has 0 radical (unpaired) electrons. The lowest BCUT2D eigenvalue weighted by molar-refractivity contribution is 0.0946. The predicted octanol–water partition coefficient (Wildman–Crippen LogP) is 3.57. The maximum atomic E-state index is 13.0. The molecule has 0 aliphatic heterocycles. The lowest BCUT2D eigenvalue weighted by atomic mass is 10.2. The van der Waals surface area contributed by atoms with Crippen LogP contribution in [0.5, 0.6) is 0 Å². The Morgan fingerprint density at radius 3 is 2.84 bits per heavy atom. The highest BCUT2D eigenvalue weighted by Gasteiger charge is 2.08. The molecule has 0 fully saturated rings. The van der Waals surface area contributed by atoms with Gasteiger partial charge in [-0.2, -0.15) is 0 Å². The SMILES string of the molecule is O=C(NCc1ccc(F)c(Cl)c1)c1cccc(Br)n1. The summed E-state index contributed by atoms with van der Waals surface area (Å²) in [5, 5.41) is 2.72. The molecule has 19 heavy (non-hydrogen) atoms. The molecule has 0 saturated heterocycles. The van der Waals surface area contributed by atoms with Gasteiger partial charge < -0.3 is 5.32 Å². The summed E-state index contributed by atoms with van der Waals surface area (Å²) in [5.41, 5.74) is 1.03. The second-order valence-corrected chi connectivity index (χ2v) is 5.00. The molecule has 0 atom stereocenters. The maximum Gasteiger partial charge on any atom is 0.270 e. The molecule has 2 rings (SSSR count). The van der Waals surface area contributed by atoms with E-state index in [-0.39, 0.29) is 17.5 Å². The van der Waals surface area contributed by atoms with Crippen molar-refractivity contribution in [3.8, 4) is 0 Å². The number of nitrogens with one attached hydrogen (secondary N) is 1. The van der Waals surface area contributed by atoms with E-state index in [1.807, 2.05) is 0 Å². The third kappa shape index (κ3) is 3.75. The zero-order valence-corrected chi connectivity index (χ0v) is 12.0. The Balaban J connectivity index is 2.02. The molecule has 3 nitrogen and oxygen atoms in total. The molecule has 2 aromatic rings. The Hall–Kier alpha value is -1.46. The van der Waals surface area contributed by atoms with Crippen LogP contribution < -0.4 is 5.32 Å². The van der Waals surface area contributed by atoms with Crippen LogP contribution in [-0.4, -0.2) is 10.9 Å². The normalized spacial score (nSPS) is 10.3. The van der Waals surface area contributed by atoms with Crippen LogP contribution in [0.3, 0.4) is 0 Å². The van der Waals surface area contributed by atoms with E-state index in [1.165, 1.54) is 12.1 Å². The van der Waals surface area contributed by atoms with Crippen LogP contribution >= 0.6 is 27.5 Å². The van der Waals surface area contributed by atoms with Gasteiger partial charge in [-0.3, -0.25) is 4.79 Å². The summed E-state index contributed by atoms with van der Waals surface area (Å²) in [7, 11) is 0. The average Bonchev–Trinajstić information content (AvgIpc) is 2.40. The van der Waals surface area contributed by atoms with E-state index in [0.717, 1.165) is 5.56 Å². The first-order valence-corrected chi connectivity index (χ1v) is 6.58. The molecular formula is C13H9BrClFN2O. The molecule has 0 bridgehead atoms. The van der Waals surface area contributed by atoms with Gasteiger partial charge in [0, 0.05) is 6.54 Å². The number of rotatable bonds is 3. The minimum absolute atomic E-state index is 0.0346. The van der Waals surface area contributed by atoms with Gasteiger partial charge in [0.05, 0.1) is 5.02 Å². The third-order valence-corrected chi connectivity index (χ3v) is 3.12. The molecule has 0 saturated carbocycles. The fraction of sp³-hybridized carbons (Fsp3) is 0.0769. The number of benzene rings is 1. The van der Waals surface area contributed by atoms with Gasteiger partial charge in [-0.05, 0) is 45.8 Å². The summed E-state index contributed by atoms with van der Waals surface area (Å²) in [6, 6.07) is 9.37. The number of aromatic nitrogens is 1. The van der Waals surface area contributed by atoms with Crippen LogP contribution in [0.25, 0.3) is 0 Å². The van der Waals surface area contributed by atoms with Gasteiger partial charge in [-0.15, -0.1) is 0 Å². The quantitative estimate of drug-likeness (QED) is 0.866. The summed E-state index contributed by atoms with van der Waals surface area (Å²) in [6.45, 7) is 0.257. The second-order valence-electron chi connectivity index (χ2n) is 3.78. The highest BCUT2D eigenvalue weighted by molar-refractivity contribution is 9.10. The van der Waals surface area contributed by atoms with Gasteiger partial charge in [0.15, 0.2) is 0 Å². The van der Waals surface area contributed by atoms with Gasteiger partial charge in [0.2, 0.25) is 0 Å². The summed E-state index contributed by atoms with van der Waals surface area (Å²) >= 11 is 8.85. The summed E-state index contributed by atoms with van der Waals surface area (Å²) in [5.74, 6) is -0.785. The van der Waals surface area contributed by atoms with Crippen molar-refractivity contribution in [3.05, 3.63) is 63.1 Å². The van der Waals surface area contributed by atoms with Crippen molar-refractivity contribution in [2.45, 2.75) is 6.54 Å². The highest BCUT2D eigenvalue weighted by atomic mass is 79.9. The first kappa shape index (κ1) is 14.0. The number of nitrogens with zero attached hydrogens (tertiary/aromatic N) is 1. The van der Waals surface area contributed by atoms with Crippen molar-refractivity contribution in [2.75, 3.05) is 0 Å². The fourth-order valence-electron chi connectivity index (χ4n) is 1.46. The molecule has 1 aromatic carbocycles. The molecule has 6 heteroatoms. The minimum Gasteiger partial charge on any atom is -0.347 e. The number of pyridine rings is 1. The molecule has 98 valence electrons. The van der Waals surface area contributed by atoms with Crippen LogP contribution in [0.1, 0.15) is 16.1 Å². The van der Waals surface area contributed by atoms with Crippen LogP contribution in [0, 0.1) is 5.82 Å². The Morgan fingerprint density at radius 2 is 2.16 bits per heavy atom. The summed E-state index contributed by atoms with van der Waals surface area (Å²) in [4.78, 5) is 15.9. The lowest BCUT2D eigenvalue weighted by Gasteiger charge is -2.06. The maximum absolute atomic E-state index is 13.0. The van der Waals surface area contributed by atoms with Gasteiger partial charge >= 0.3 is 0 Å². The number of amides is 1. The standard InChI is InChI=1S/C13H9BrClFN2O/c14-12-3-1-2-11(18-12)13(19)17-7-8-4-5-10(16)9(15)6-8/h1-6H,7H2,(H,17,19). The fourth-order valence-corrected chi connectivity index (χ4v) is 2.00. The Bertz CT molecular complexity index is 621. The molecule has 0 aliphatic rings. The smallest absolute Gasteiger partial charge is 0.270 e. The van der Waals surface area contributed by atoms with E-state index in [4.69, 9.17) is 11.6 Å². The zero-order chi connectivity index (χ0) is 13.8. The van der Waals surface area contributed by atoms with E-state index >= 15 is 0 Å². The average molecular weight is 344 g/mol. The van der Waals surface area contributed by atoms with Crippen molar-refractivity contribution >= 4 is 33.4 Å². The molecular weight excluding hydrogens is 335 g/mol. The van der Waals surface area contributed by atoms with Crippen molar-refractivity contribution in [3.63, 3.8) is 0 Å². The largest absolute Gasteiger partial charge is 0.347 e. The number of hydrogen-bond donors (Lipinski definition) is 1. The highest BCUT2D eigenvalue weighted by Crippen LogP contribution is 2.16. The molecule has 0 unspecified atom stereocenters. The second kappa shape index (κ2) is 6.12. The Kier molecular flexibility index (Phi) is 4.50. The number of hydrogen-bond acceptors (Lipinski definition) is 2. The summed E-state index contributed by atoms with van der Waals surface area (Å²) in [6.07, 6.45) is 0. The molecule has 0 spiro atoms. The van der Waals surface area contributed by atoms with Gasteiger partial charge in [0.1, 0.15) is 16.1 Å². The van der Waals surface area contributed by atoms with Crippen molar-refractivity contribution in [1.82, 2.24) is 10.3 Å². The van der Waals surface area contributed by atoms with Crippen LogP contribution in [0.2, 0.25) is 5.02 Å². The van der Waals surface area contributed by atoms with Crippen LogP contribution in [0.15, 0.2) is 41.0 Å². The number of carbonyl (C=O) groups excluding carboxylic acids is 1. The Morgan fingerprint density at radius 1 is 1.37 bits per heavy atom. The number of halogens is 3. The Labute approximate surface area is 122 Å².